The van der Waals surface area contributed by atoms with Crippen LogP contribution in [0.15, 0.2) is 18.2 Å². The Labute approximate surface area is 169 Å². The quantitative estimate of drug-likeness (QED) is 0.777. The Morgan fingerprint density at radius 3 is 2.62 bits per heavy atom. The average Bonchev–Trinajstić information content (AvgIpc) is 3.37. The smallest absolute Gasteiger partial charge is 0.242 e. The van der Waals surface area contributed by atoms with Crippen molar-refractivity contribution >= 4 is 23.4 Å². The second-order valence-corrected chi connectivity index (χ2v) is 7.95. The number of fused-ring (bicyclic) bond motifs is 1. The molecule has 0 bridgehead atoms. The van der Waals surface area contributed by atoms with Crippen LogP contribution in [-0.2, 0) is 14.4 Å². The maximum absolute atomic E-state index is 12.6. The molecule has 2 heterocycles. The predicted octanol–water partition coefficient (Wildman–Crippen LogP) is 1.37. The molecule has 4 rings (SSSR count). The van der Waals surface area contributed by atoms with Crippen LogP contribution in [0.1, 0.15) is 39.0 Å². The molecule has 3 amide bonds. The van der Waals surface area contributed by atoms with E-state index in [9.17, 15) is 14.4 Å². The Bertz CT molecular complexity index is 806. The molecule has 1 aromatic carbocycles. The summed E-state index contributed by atoms with van der Waals surface area (Å²) in [6.07, 6.45) is 4.37. The van der Waals surface area contributed by atoms with Crippen molar-refractivity contribution in [3.05, 3.63) is 18.2 Å². The van der Waals surface area contributed by atoms with Gasteiger partial charge in [0.1, 0.15) is 19.3 Å². The van der Waals surface area contributed by atoms with E-state index in [0.29, 0.717) is 30.4 Å². The topological polar surface area (TPSA) is 97.0 Å². The fraction of sp³-hybridized carbons (Fsp3) is 0.571. The standard InChI is InChI=1S/C21H27N3O5/c1-13(20(26)23-15-4-2-3-5-15)22-21(27)14-10-19(25)24(12-14)16-6-7-17-18(11-16)29-9-8-28-17/h6-7,11,13-15H,2-5,8-10,12H2,1H3,(H,22,27)(H,23,26)/t13-,14?/m0/s1. The zero-order chi connectivity index (χ0) is 20.4. The third-order valence-corrected chi connectivity index (χ3v) is 5.79. The van der Waals surface area contributed by atoms with Gasteiger partial charge in [-0.25, -0.2) is 0 Å². The van der Waals surface area contributed by atoms with Gasteiger partial charge in [0.15, 0.2) is 11.5 Å². The summed E-state index contributed by atoms with van der Waals surface area (Å²) in [5.41, 5.74) is 0.682. The van der Waals surface area contributed by atoms with Crippen LogP contribution in [-0.4, -0.2) is 49.6 Å². The monoisotopic (exact) mass is 401 g/mol. The summed E-state index contributed by atoms with van der Waals surface area (Å²) < 4.78 is 11.1. The number of hydrogen-bond acceptors (Lipinski definition) is 5. The molecule has 1 aromatic rings. The van der Waals surface area contributed by atoms with E-state index in [1.807, 2.05) is 0 Å². The van der Waals surface area contributed by atoms with Gasteiger partial charge in [-0.05, 0) is 31.9 Å². The van der Waals surface area contributed by atoms with Gasteiger partial charge in [0.05, 0.1) is 5.92 Å². The summed E-state index contributed by atoms with van der Waals surface area (Å²) in [5.74, 6) is 0.211. The fourth-order valence-electron chi connectivity index (χ4n) is 4.13. The molecule has 0 spiro atoms. The van der Waals surface area contributed by atoms with Gasteiger partial charge in [-0.2, -0.15) is 0 Å². The van der Waals surface area contributed by atoms with Crippen molar-refractivity contribution < 1.29 is 23.9 Å². The highest BCUT2D eigenvalue weighted by Crippen LogP contribution is 2.36. The number of rotatable bonds is 5. The van der Waals surface area contributed by atoms with Crippen LogP contribution in [0, 0.1) is 5.92 Å². The Morgan fingerprint density at radius 1 is 1.14 bits per heavy atom. The number of benzene rings is 1. The molecule has 8 nitrogen and oxygen atoms in total. The van der Waals surface area contributed by atoms with Crippen molar-refractivity contribution in [2.75, 3.05) is 24.7 Å². The normalized spacial score (nSPS) is 22.4. The van der Waals surface area contributed by atoms with Crippen LogP contribution in [0.2, 0.25) is 0 Å². The lowest BCUT2D eigenvalue weighted by Gasteiger charge is -2.22. The Kier molecular flexibility index (Phi) is 5.60. The lowest BCUT2D eigenvalue weighted by atomic mass is 10.1. The average molecular weight is 401 g/mol. The number of amides is 3. The van der Waals surface area contributed by atoms with Gasteiger partial charge in [-0.1, -0.05) is 12.8 Å². The maximum atomic E-state index is 12.6. The molecular weight excluding hydrogens is 374 g/mol. The van der Waals surface area contributed by atoms with Gasteiger partial charge in [0, 0.05) is 30.8 Å². The van der Waals surface area contributed by atoms with E-state index in [2.05, 4.69) is 10.6 Å². The summed E-state index contributed by atoms with van der Waals surface area (Å²) in [4.78, 5) is 39.0. The van der Waals surface area contributed by atoms with Crippen molar-refractivity contribution in [3.8, 4) is 11.5 Å². The number of ether oxygens (including phenoxy) is 2. The van der Waals surface area contributed by atoms with Gasteiger partial charge in [0.25, 0.3) is 0 Å². The van der Waals surface area contributed by atoms with E-state index in [1.54, 1.807) is 30.0 Å². The van der Waals surface area contributed by atoms with E-state index in [1.165, 1.54) is 0 Å². The summed E-state index contributed by atoms with van der Waals surface area (Å²) in [5, 5.41) is 5.75. The van der Waals surface area contributed by atoms with E-state index >= 15 is 0 Å². The Morgan fingerprint density at radius 2 is 1.86 bits per heavy atom. The first-order valence-corrected chi connectivity index (χ1v) is 10.3. The first kappa shape index (κ1) is 19.5. The van der Waals surface area contributed by atoms with Gasteiger partial charge in [-0.3, -0.25) is 14.4 Å². The molecule has 2 fully saturated rings. The second-order valence-electron chi connectivity index (χ2n) is 7.95. The molecule has 2 atom stereocenters. The molecule has 29 heavy (non-hydrogen) atoms. The third kappa shape index (κ3) is 4.31. The van der Waals surface area contributed by atoms with Crippen molar-refractivity contribution in [1.82, 2.24) is 10.6 Å². The Balaban J connectivity index is 1.34. The van der Waals surface area contributed by atoms with E-state index in [-0.39, 0.29) is 36.7 Å². The first-order chi connectivity index (χ1) is 14.0. The van der Waals surface area contributed by atoms with Crippen molar-refractivity contribution in [1.29, 1.82) is 0 Å². The molecule has 0 aromatic heterocycles. The predicted molar refractivity (Wildman–Crippen MR) is 106 cm³/mol. The zero-order valence-corrected chi connectivity index (χ0v) is 16.6. The van der Waals surface area contributed by atoms with Crippen molar-refractivity contribution in [2.45, 2.75) is 51.1 Å². The lowest BCUT2D eigenvalue weighted by Crippen LogP contribution is -2.49. The molecule has 2 N–H and O–H groups in total. The third-order valence-electron chi connectivity index (χ3n) is 5.79. The van der Waals surface area contributed by atoms with E-state index in [0.717, 1.165) is 25.7 Å². The summed E-state index contributed by atoms with van der Waals surface area (Å²) in [6.45, 7) is 2.93. The number of anilines is 1. The highest BCUT2D eigenvalue weighted by atomic mass is 16.6. The van der Waals surface area contributed by atoms with Crippen LogP contribution in [0.25, 0.3) is 0 Å². The molecule has 156 valence electrons. The van der Waals surface area contributed by atoms with Crippen molar-refractivity contribution in [2.24, 2.45) is 5.92 Å². The van der Waals surface area contributed by atoms with Gasteiger partial charge in [-0.15, -0.1) is 0 Å². The molecule has 3 aliphatic rings. The minimum Gasteiger partial charge on any atom is -0.486 e. The summed E-state index contributed by atoms with van der Waals surface area (Å²) in [7, 11) is 0. The second kappa shape index (κ2) is 8.31. The molecule has 1 unspecified atom stereocenters. The van der Waals surface area contributed by atoms with Crippen molar-refractivity contribution in [3.63, 3.8) is 0 Å². The fourth-order valence-corrected chi connectivity index (χ4v) is 4.13. The molecular formula is C21H27N3O5. The number of hydrogen-bond donors (Lipinski definition) is 2. The number of nitrogens with zero attached hydrogens (tertiary/aromatic N) is 1. The van der Waals surface area contributed by atoms with Gasteiger partial charge in [0.2, 0.25) is 17.7 Å². The molecule has 1 saturated heterocycles. The molecule has 1 aliphatic carbocycles. The Hall–Kier alpha value is -2.77. The first-order valence-electron chi connectivity index (χ1n) is 10.3. The maximum Gasteiger partial charge on any atom is 0.242 e. The summed E-state index contributed by atoms with van der Waals surface area (Å²) in [6, 6.07) is 4.93. The number of nitrogens with one attached hydrogen (secondary N) is 2. The van der Waals surface area contributed by atoms with Crippen LogP contribution in [0.4, 0.5) is 5.69 Å². The molecule has 0 radical (unpaired) electrons. The molecule has 1 saturated carbocycles. The van der Waals surface area contributed by atoms with Crippen LogP contribution in [0.3, 0.4) is 0 Å². The van der Waals surface area contributed by atoms with Crippen LogP contribution >= 0.6 is 0 Å². The number of carbonyl (C=O) groups is 3. The highest BCUT2D eigenvalue weighted by Gasteiger charge is 2.36. The van der Waals surface area contributed by atoms with E-state index < -0.39 is 12.0 Å². The molecule has 2 aliphatic heterocycles. The lowest BCUT2D eigenvalue weighted by molar-refractivity contribution is -0.131. The van der Waals surface area contributed by atoms with E-state index in [4.69, 9.17) is 9.47 Å². The highest BCUT2D eigenvalue weighted by molar-refractivity contribution is 6.01. The minimum atomic E-state index is -0.624. The number of carbonyl (C=O) groups excluding carboxylic acids is 3. The van der Waals surface area contributed by atoms with Gasteiger partial charge < -0.3 is 25.0 Å². The molecule has 8 heteroatoms. The zero-order valence-electron chi connectivity index (χ0n) is 16.6. The largest absolute Gasteiger partial charge is 0.486 e. The minimum absolute atomic E-state index is 0.120. The van der Waals surface area contributed by atoms with Gasteiger partial charge >= 0.3 is 0 Å². The SMILES string of the molecule is C[C@H](NC(=O)C1CC(=O)N(c2ccc3c(c2)OCCO3)C1)C(=O)NC1CCCC1. The summed E-state index contributed by atoms with van der Waals surface area (Å²) >= 11 is 0. The van der Waals surface area contributed by atoms with Crippen LogP contribution < -0.4 is 25.0 Å². The van der Waals surface area contributed by atoms with Crippen LogP contribution in [0.5, 0.6) is 11.5 Å².